The van der Waals surface area contributed by atoms with Crippen molar-refractivity contribution in [2.45, 2.75) is 13.2 Å². The quantitative estimate of drug-likeness (QED) is 0.401. The van der Waals surface area contributed by atoms with Gasteiger partial charge in [0, 0.05) is 23.0 Å². The predicted molar refractivity (Wildman–Crippen MR) is 124 cm³/mol. The van der Waals surface area contributed by atoms with Crippen molar-refractivity contribution in [2.24, 2.45) is 0 Å². The van der Waals surface area contributed by atoms with Crippen LogP contribution in [0.2, 0.25) is 5.02 Å². The molecule has 4 rings (SSSR count). The van der Waals surface area contributed by atoms with Gasteiger partial charge >= 0.3 is 0 Å². The number of hydrogen-bond acceptors (Lipinski definition) is 6. The third kappa shape index (κ3) is 5.18. The van der Waals surface area contributed by atoms with Crippen LogP contribution >= 0.6 is 23.4 Å². The molecule has 2 aromatic carbocycles. The van der Waals surface area contributed by atoms with Gasteiger partial charge in [-0.15, -0.1) is 0 Å². The molecule has 0 spiro atoms. The van der Waals surface area contributed by atoms with Gasteiger partial charge in [-0.05, 0) is 65.4 Å². The molecule has 2 heterocycles. The summed E-state index contributed by atoms with van der Waals surface area (Å²) in [5.41, 5.74) is 1.71. The minimum atomic E-state index is -0.572. The molecule has 2 amide bonds. The largest absolute Gasteiger partial charge is 0.493 e. The number of methoxy groups -OCH3 is 1. The van der Waals surface area contributed by atoms with Crippen LogP contribution in [0.25, 0.3) is 6.08 Å². The summed E-state index contributed by atoms with van der Waals surface area (Å²) in [7, 11) is 1.52. The lowest BCUT2D eigenvalue weighted by atomic mass is 10.1. The molecule has 1 aliphatic rings. The lowest BCUT2D eigenvalue weighted by Gasteiger charge is -2.14. The second kappa shape index (κ2) is 10.1. The molecule has 9 heteroatoms. The van der Waals surface area contributed by atoms with Crippen molar-refractivity contribution < 1.29 is 23.5 Å². The predicted octanol–water partition coefficient (Wildman–Crippen LogP) is 5.70. The Kier molecular flexibility index (Phi) is 6.96. The second-order valence-electron chi connectivity index (χ2n) is 7.02. The Labute approximate surface area is 199 Å². The molecule has 0 saturated carbocycles. The van der Waals surface area contributed by atoms with Gasteiger partial charge in [0.15, 0.2) is 11.5 Å². The molecule has 1 saturated heterocycles. The van der Waals surface area contributed by atoms with Crippen molar-refractivity contribution in [3.05, 3.63) is 93.4 Å². The number of halogens is 2. The van der Waals surface area contributed by atoms with E-state index < -0.39 is 17.0 Å². The smallest absolute Gasteiger partial charge is 0.293 e. The molecule has 0 aliphatic carbocycles. The fourth-order valence-corrected chi connectivity index (χ4v) is 4.22. The number of aromatic nitrogens is 1. The van der Waals surface area contributed by atoms with Crippen molar-refractivity contribution in [1.29, 1.82) is 0 Å². The number of ether oxygens (including phenoxy) is 2. The highest BCUT2D eigenvalue weighted by atomic mass is 35.5. The number of hydrogen-bond donors (Lipinski definition) is 0. The van der Waals surface area contributed by atoms with E-state index in [2.05, 4.69) is 4.98 Å². The van der Waals surface area contributed by atoms with E-state index in [0.29, 0.717) is 23.7 Å². The van der Waals surface area contributed by atoms with Crippen molar-refractivity contribution in [2.75, 3.05) is 7.11 Å². The van der Waals surface area contributed by atoms with Crippen LogP contribution in [0.5, 0.6) is 11.5 Å². The number of amides is 2. The van der Waals surface area contributed by atoms with Crippen LogP contribution in [-0.4, -0.2) is 28.1 Å². The molecule has 33 heavy (non-hydrogen) atoms. The van der Waals surface area contributed by atoms with E-state index in [1.165, 1.54) is 25.3 Å². The van der Waals surface area contributed by atoms with Crippen LogP contribution in [0.4, 0.5) is 9.18 Å². The Balaban J connectivity index is 1.51. The first-order valence-corrected chi connectivity index (χ1v) is 11.0. The fourth-order valence-electron chi connectivity index (χ4n) is 3.16. The maximum Gasteiger partial charge on any atom is 0.293 e. The van der Waals surface area contributed by atoms with Crippen LogP contribution in [0, 0.1) is 5.82 Å². The molecule has 1 aliphatic heterocycles. The van der Waals surface area contributed by atoms with E-state index in [9.17, 15) is 14.0 Å². The maximum atomic E-state index is 14.1. The average Bonchev–Trinajstić information content (AvgIpc) is 3.08. The second-order valence-corrected chi connectivity index (χ2v) is 8.42. The van der Waals surface area contributed by atoms with E-state index in [1.54, 1.807) is 36.7 Å². The Bertz CT molecular complexity index is 1220. The van der Waals surface area contributed by atoms with Crippen molar-refractivity contribution in [1.82, 2.24) is 9.88 Å². The summed E-state index contributed by atoms with van der Waals surface area (Å²) < 4.78 is 25.4. The molecular formula is C24H18ClFN2O4S. The minimum absolute atomic E-state index is 0.0973. The number of carbonyl (C=O) groups is 2. The van der Waals surface area contributed by atoms with Gasteiger partial charge < -0.3 is 9.47 Å². The molecule has 1 fully saturated rings. The molecule has 6 nitrogen and oxygen atoms in total. The molecule has 0 unspecified atom stereocenters. The monoisotopic (exact) mass is 484 g/mol. The Hall–Kier alpha value is -3.36. The summed E-state index contributed by atoms with van der Waals surface area (Å²) in [6, 6.07) is 13.1. The Morgan fingerprint density at radius 1 is 1.12 bits per heavy atom. The normalized spacial score (nSPS) is 14.8. The lowest BCUT2D eigenvalue weighted by molar-refractivity contribution is -0.123. The number of rotatable bonds is 7. The summed E-state index contributed by atoms with van der Waals surface area (Å²) in [5.74, 6) is -0.0668. The van der Waals surface area contributed by atoms with Crippen molar-refractivity contribution in [3.8, 4) is 11.5 Å². The van der Waals surface area contributed by atoms with Gasteiger partial charge in [-0.25, -0.2) is 4.39 Å². The first-order valence-electron chi connectivity index (χ1n) is 9.84. The molecule has 0 atom stereocenters. The average molecular weight is 485 g/mol. The summed E-state index contributed by atoms with van der Waals surface area (Å²) in [6.07, 6.45) is 4.96. The zero-order valence-corrected chi connectivity index (χ0v) is 19.0. The fraction of sp³-hybridized carbons (Fsp3) is 0.125. The van der Waals surface area contributed by atoms with Crippen LogP contribution in [0.1, 0.15) is 16.7 Å². The number of pyridine rings is 1. The first-order chi connectivity index (χ1) is 16.0. The number of thioether (sulfide) groups is 1. The Morgan fingerprint density at radius 3 is 2.64 bits per heavy atom. The highest BCUT2D eigenvalue weighted by molar-refractivity contribution is 8.18. The van der Waals surface area contributed by atoms with Gasteiger partial charge in [0.25, 0.3) is 11.1 Å². The van der Waals surface area contributed by atoms with E-state index in [1.807, 2.05) is 12.1 Å². The highest BCUT2D eigenvalue weighted by Crippen LogP contribution is 2.36. The van der Waals surface area contributed by atoms with E-state index >= 15 is 0 Å². The number of nitrogens with zero attached hydrogens (tertiary/aromatic N) is 2. The number of carbonyl (C=O) groups excluding carboxylic acids is 2. The standard InChI is InChI=1S/C24H18ClFN2O4S/c1-31-21-11-16(5-6-20(21)32-14-15-7-9-27-10-8-15)12-22-23(29)28(24(30)33-22)13-17-18(25)3-2-4-19(17)26/h2-12H,13-14H2,1H3/b22-12+. The van der Waals surface area contributed by atoms with Crippen LogP contribution in [0.3, 0.4) is 0 Å². The maximum absolute atomic E-state index is 14.1. The van der Waals surface area contributed by atoms with Gasteiger partial charge in [-0.1, -0.05) is 23.7 Å². The van der Waals surface area contributed by atoms with Crippen LogP contribution in [0.15, 0.2) is 65.8 Å². The summed E-state index contributed by atoms with van der Waals surface area (Å²) in [5, 5.41) is -0.333. The minimum Gasteiger partial charge on any atom is -0.493 e. The lowest BCUT2D eigenvalue weighted by Crippen LogP contribution is -2.28. The summed E-state index contributed by atoms with van der Waals surface area (Å²) in [6.45, 7) is 0.105. The number of imide groups is 1. The first kappa shape index (κ1) is 22.8. The molecule has 0 N–H and O–H groups in total. The van der Waals surface area contributed by atoms with Gasteiger partial charge in [-0.3, -0.25) is 19.5 Å². The molecular weight excluding hydrogens is 467 g/mol. The highest BCUT2D eigenvalue weighted by Gasteiger charge is 2.36. The molecule has 1 aromatic heterocycles. The summed E-state index contributed by atoms with van der Waals surface area (Å²) >= 11 is 6.83. The van der Waals surface area contributed by atoms with Gasteiger partial charge in [0.1, 0.15) is 12.4 Å². The van der Waals surface area contributed by atoms with Gasteiger partial charge in [-0.2, -0.15) is 0 Å². The zero-order chi connectivity index (χ0) is 23.4. The molecule has 3 aromatic rings. The molecule has 0 bridgehead atoms. The third-order valence-electron chi connectivity index (χ3n) is 4.88. The van der Waals surface area contributed by atoms with Gasteiger partial charge in [0.2, 0.25) is 0 Å². The van der Waals surface area contributed by atoms with Gasteiger partial charge in [0.05, 0.1) is 18.6 Å². The van der Waals surface area contributed by atoms with E-state index in [4.69, 9.17) is 21.1 Å². The van der Waals surface area contributed by atoms with Crippen molar-refractivity contribution in [3.63, 3.8) is 0 Å². The zero-order valence-electron chi connectivity index (χ0n) is 17.5. The Morgan fingerprint density at radius 2 is 1.91 bits per heavy atom. The van der Waals surface area contributed by atoms with E-state index in [0.717, 1.165) is 22.2 Å². The van der Waals surface area contributed by atoms with E-state index in [-0.39, 0.29) is 22.0 Å². The van der Waals surface area contributed by atoms with Crippen LogP contribution < -0.4 is 9.47 Å². The SMILES string of the molecule is COc1cc(/C=C2/SC(=O)N(Cc3c(F)cccc3Cl)C2=O)ccc1OCc1ccncc1. The third-order valence-corrected chi connectivity index (χ3v) is 6.14. The molecule has 168 valence electrons. The molecule has 0 radical (unpaired) electrons. The number of benzene rings is 2. The van der Waals surface area contributed by atoms with Crippen LogP contribution in [-0.2, 0) is 17.9 Å². The summed E-state index contributed by atoms with van der Waals surface area (Å²) in [4.78, 5) is 30.4. The topological polar surface area (TPSA) is 68.7 Å². The van der Waals surface area contributed by atoms with Crippen molar-refractivity contribution >= 4 is 40.6 Å².